The van der Waals surface area contributed by atoms with Crippen molar-refractivity contribution in [3.63, 3.8) is 0 Å². The normalized spacial score (nSPS) is 10.3. The molecule has 0 saturated heterocycles. The number of hydrogen-bond acceptors (Lipinski definition) is 4. The van der Waals surface area contributed by atoms with Crippen LogP contribution in [0.1, 0.15) is 10.5 Å². The summed E-state index contributed by atoms with van der Waals surface area (Å²) in [4.78, 5) is 14.6. The van der Waals surface area contributed by atoms with E-state index in [0.29, 0.717) is 17.1 Å². The van der Waals surface area contributed by atoms with Gasteiger partial charge in [-0.1, -0.05) is 12.7 Å². The molecule has 0 fully saturated rings. The zero-order valence-corrected chi connectivity index (χ0v) is 10.0. The van der Waals surface area contributed by atoms with Gasteiger partial charge in [-0.2, -0.15) is 0 Å². The third-order valence-electron chi connectivity index (χ3n) is 2.52. The number of nitrogens with one attached hydrogen (secondary N) is 1. The molecule has 3 N–H and O–H groups in total. The Morgan fingerprint density at radius 1 is 1.50 bits per heavy atom. The van der Waals surface area contributed by atoms with Crippen LogP contribution >= 0.6 is 0 Å². The number of methoxy groups -OCH3 is 1. The highest BCUT2D eigenvalue weighted by atomic mass is 16.5. The Morgan fingerprint density at radius 2 is 2.28 bits per heavy atom. The van der Waals surface area contributed by atoms with Crippen molar-refractivity contribution in [1.29, 1.82) is 0 Å². The van der Waals surface area contributed by atoms with E-state index in [1.807, 2.05) is 0 Å². The molecular formula is C13H14N2O3. The highest BCUT2D eigenvalue weighted by molar-refractivity contribution is 5.96. The molecule has 0 spiro atoms. The molecule has 0 bridgehead atoms. The average Bonchev–Trinajstić information content (AvgIpc) is 2.77. The maximum Gasteiger partial charge on any atom is 0.355 e. The lowest BCUT2D eigenvalue weighted by atomic mass is 10.2. The molecule has 5 nitrogen and oxygen atoms in total. The van der Waals surface area contributed by atoms with Gasteiger partial charge in [0.2, 0.25) is 0 Å². The van der Waals surface area contributed by atoms with Gasteiger partial charge in [0.1, 0.15) is 18.1 Å². The fourth-order valence-electron chi connectivity index (χ4n) is 1.68. The van der Waals surface area contributed by atoms with Crippen LogP contribution in [0.3, 0.4) is 0 Å². The molecule has 94 valence electrons. The molecule has 2 rings (SSSR count). The fraction of sp³-hybridized carbons (Fsp3) is 0.154. The van der Waals surface area contributed by atoms with E-state index in [4.69, 9.17) is 15.2 Å². The first-order valence-corrected chi connectivity index (χ1v) is 5.40. The number of anilines is 1. The van der Waals surface area contributed by atoms with E-state index < -0.39 is 5.97 Å². The number of fused-ring (bicyclic) bond motifs is 1. The summed E-state index contributed by atoms with van der Waals surface area (Å²) < 4.78 is 10.1. The lowest BCUT2D eigenvalue weighted by Gasteiger charge is -2.03. The summed E-state index contributed by atoms with van der Waals surface area (Å²) in [7, 11) is 1.55. The zero-order valence-electron chi connectivity index (χ0n) is 10.0. The summed E-state index contributed by atoms with van der Waals surface area (Å²) in [5.41, 5.74) is 7.44. The van der Waals surface area contributed by atoms with Crippen LogP contribution in [-0.4, -0.2) is 24.7 Å². The minimum atomic E-state index is -0.427. The number of nitrogens with two attached hydrogens (primary N) is 1. The van der Waals surface area contributed by atoms with E-state index in [2.05, 4.69) is 11.6 Å². The monoisotopic (exact) mass is 246 g/mol. The first-order chi connectivity index (χ1) is 8.65. The highest BCUT2D eigenvalue weighted by Gasteiger charge is 2.12. The van der Waals surface area contributed by atoms with Crippen molar-refractivity contribution in [2.24, 2.45) is 0 Å². The predicted molar refractivity (Wildman–Crippen MR) is 69.7 cm³/mol. The second-order valence-electron chi connectivity index (χ2n) is 3.75. The van der Waals surface area contributed by atoms with Crippen molar-refractivity contribution in [3.8, 4) is 5.75 Å². The number of rotatable bonds is 4. The Balaban J connectivity index is 2.38. The molecule has 0 aliphatic carbocycles. The van der Waals surface area contributed by atoms with Gasteiger partial charge in [0, 0.05) is 10.9 Å². The lowest BCUT2D eigenvalue weighted by Crippen LogP contribution is -2.04. The van der Waals surface area contributed by atoms with Crippen molar-refractivity contribution >= 4 is 22.6 Å². The minimum absolute atomic E-state index is 0.180. The maximum atomic E-state index is 11.6. The van der Waals surface area contributed by atoms with Gasteiger partial charge < -0.3 is 20.2 Å². The first-order valence-electron chi connectivity index (χ1n) is 5.40. The quantitative estimate of drug-likeness (QED) is 0.492. The second-order valence-corrected chi connectivity index (χ2v) is 3.75. The molecule has 0 aliphatic heterocycles. The van der Waals surface area contributed by atoms with E-state index >= 15 is 0 Å². The van der Waals surface area contributed by atoms with Gasteiger partial charge in [0.15, 0.2) is 0 Å². The Kier molecular flexibility index (Phi) is 3.23. The molecule has 0 atom stereocenters. The molecule has 1 aromatic heterocycles. The van der Waals surface area contributed by atoms with Crippen LogP contribution in [0.4, 0.5) is 5.69 Å². The van der Waals surface area contributed by atoms with E-state index in [1.165, 1.54) is 6.08 Å². The van der Waals surface area contributed by atoms with Crippen LogP contribution in [-0.2, 0) is 4.74 Å². The molecule has 0 saturated carbocycles. The molecule has 2 aromatic rings. The molecule has 0 aliphatic rings. The number of hydrogen-bond donors (Lipinski definition) is 2. The fourth-order valence-corrected chi connectivity index (χ4v) is 1.68. The average molecular weight is 246 g/mol. The van der Waals surface area contributed by atoms with E-state index in [0.717, 1.165) is 10.9 Å². The smallest absolute Gasteiger partial charge is 0.355 e. The molecule has 0 radical (unpaired) electrons. The van der Waals surface area contributed by atoms with Gasteiger partial charge in [0.05, 0.1) is 12.8 Å². The molecule has 0 amide bonds. The molecule has 1 aromatic carbocycles. The third-order valence-corrected chi connectivity index (χ3v) is 2.52. The van der Waals surface area contributed by atoms with E-state index in [-0.39, 0.29) is 6.61 Å². The van der Waals surface area contributed by atoms with Crippen molar-refractivity contribution in [2.45, 2.75) is 0 Å². The number of ether oxygens (including phenoxy) is 2. The molecule has 0 unspecified atom stereocenters. The number of carbonyl (C=O) groups is 1. The summed E-state index contributed by atoms with van der Waals surface area (Å²) in [5.74, 6) is 0.149. The summed E-state index contributed by atoms with van der Waals surface area (Å²) in [6.45, 7) is 3.66. The number of esters is 1. The van der Waals surface area contributed by atoms with Crippen molar-refractivity contribution in [2.75, 3.05) is 19.5 Å². The van der Waals surface area contributed by atoms with Gasteiger partial charge in [-0.25, -0.2) is 4.79 Å². The molecule has 5 heteroatoms. The van der Waals surface area contributed by atoms with Crippen LogP contribution in [0.2, 0.25) is 0 Å². The summed E-state index contributed by atoms with van der Waals surface area (Å²) >= 11 is 0. The second kappa shape index (κ2) is 4.83. The largest absolute Gasteiger partial charge is 0.495 e. The van der Waals surface area contributed by atoms with Gasteiger partial charge in [-0.05, 0) is 18.2 Å². The van der Waals surface area contributed by atoms with Gasteiger partial charge >= 0.3 is 5.97 Å². The summed E-state index contributed by atoms with van der Waals surface area (Å²) in [6, 6.07) is 5.19. The summed E-state index contributed by atoms with van der Waals surface area (Å²) in [6.07, 6.45) is 1.52. The standard InChI is InChI=1S/C13H14N2O3/c1-3-4-18-13(16)11-5-8-6-12(17-2)9(14)7-10(8)15-11/h3,5-7,15H,1,4,14H2,2H3. The molecule has 18 heavy (non-hydrogen) atoms. The van der Waals surface area contributed by atoms with Crippen LogP contribution < -0.4 is 10.5 Å². The Bertz CT molecular complexity index is 602. The molecular weight excluding hydrogens is 232 g/mol. The highest BCUT2D eigenvalue weighted by Crippen LogP contribution is 2.28. The number of H-pyrrole nitrogens is 1. The van der Waals surface area contributed by atoms with Crippen LogP contribution in [0.5, 0.6) is 5.75 Å². The number of nitrogen functional groups attached to an aromatic ring is 1. The predicted octanol–water partition coefficient (Wildman–Crippen LogP) is 2.10. The van der Waals surface area contributed by atoms with Gasteiger partial charge in [-0.3, -0.25) is 0 Å². The van der Waals surface area contributed by atoms with Crippen molar-refractivity contribution in [3.05, 3.63) is 36.5 Å². The third kappa shape index (κ3) is 2.15. The number of benzene rings is 1. The van der Waals surface area contributed by atoms with Crippen LogP contribution in [0.25, 0.3) is 10.9 Å². The maximum absolute atomic E-state index is 11.6. The van der Waals surface area contributed by atoms with Crippen molar-refractivity contribution < 1.29 is 14.3 Å². The lowest BCUT2D eigenvalue weighted by molar-refractivity contribution is 0.0544. The minimum Gasteiger partial charge on any atom is -0.495 e. The van der Waals surface area contributed by atoms with Crippen molar-refractivity contribution in [1.82, 2.24) is 4.98 Å². The van der Waals surface area contributed by atoms with E-state index in [1.54, 1.807) is 25.3 Å². The van der Waals surface area contributed by atoms with Gasteiger partial charge in [0.25, 0.3) is 0 Å². The Morgan fingerprint density at radius 3 is 2.94 bits per heavy atom. The first kappa shape index (κ1) is 12.0. The van der Waals surface area contributed by atoms with Gasteiger partial charge in [-0.15, -0.1) is 0 Å². The number of aromatic nitrogens is 1. The van der Waals surface area contributed by atoms with Crippen LogP contribution in [0, 0.1) is 0 Å². The van der Waals surface area contributed by atoms with E-state index in [9.17, 15) is 4.79 Å². The number of carbonyl (C=O) groups excluding carboxylic acids is 1. The Hall–Kier alpha value is -2.43. The topological polar surface area (TPSA) is 77.3 Å². The summed E-state index contributed by atoms with van der Waals surface area (Å²) in [5, 5.41) is 0.839. The number of aromatic amines is 1. The Labute approximate surface area is 104 Å². The SMILES string of the molecule is C=CCOC(=O)c1cc2cc(OC)c(N)cc2[nH]1. The zero-order chi connectivity index (χ0) is 13.1. The van der Waals surface area contributed by atoms with Crippen LogP contribution in [0.15, 0.2) is 30.9 Å². The molecule has 1 heterocycles.